The molecule has 0 aromatic carbocycles. The molecule has 5 heteroatoms. The molecule has 3 aliphatic rings. The SMILES string of the molecule is CC[C@H](C)C(=O)O[C@H]1C[C@@H](C)C=C2C=C[C@H](C)[C@H](CC[C@@H]3C[C@@H]([O-])CC(=O)O3)C21. The van der Waals surface area contributed by atoms with Gasteiger partial charge in [0.2, 0.25) is 0 Å². The van der Waals surface area contributed by atoms with Crippen LogP contribution in [0.25, 0.3) is 0 Å². The molecule has 1 aliphatic heterocycles. The third kappa shape index (κ3) is 5.30. The van der Waals surface area contributed by atoms with Gasteiger partial charge in [-0.2, -0.15) is 0 Å². The number of carbonyl (C=O) groups is 2. The molecule has 1 heterocycles. The number of allylic oxidation sites excluding steroid dienone is 3. The lowest BCUT2D eigenvalue weighted by atomic mass is 9.65. The first-order valence-electron chi connectivity index (χ1n) is 11.2. The largest absolute Gasteiger partial charge is 0.851 e. The van der Waals surface area contributed by atoms with Crippen LogP contribution in [0.5, 0.6) is 0 Å². The summed E-state index contributed by atoms with van der Waals surface area (Å²) in [5.74, 6) is 0.617. The summed E-state index contributed by atoms with van der Waals surface area (Å²) in [6.45, 7) is 8.30. The van der Waals surface area contributed by atoms with E-state index >= 15 is 0 Å². The van der Waals surface area contributed by atoms with Crippen LogP contribution < -0.4 is 5.11 Å². The standard InChI is InChI=1S/C24H35O5/c1-5-15(3)24(27)29-21-11-14(2)10-17-7-6-16(4)20(23(17)21)9-8-19-12-18(25)13-22(26)28-19/h6-7,10,14-16,18-21,23H,5,8-9,11-13H2,1-4H3/q-1/t14-,15-,16-,18+,19+,20-,21-,23?/m0/s1. The van der Waals surface area contributed by atoms with Crippen molar-refractivity contribution >= 4 is 11.9 Å². The molecule has 0 N–H and O–H groups in total. The molecule has 0 saturated carbocycles. The molecule has 5 nitrogen and oxygen atoms in total. The fraction of sp³-hybridized carbons (Fsp3) is 0.750. The Bertz CT molecular complexity index is 666. The van der Waals surface area contributed by atoms with Gasteiger partial charge < -0.3 is 14.6 Å². The van der Waals surface area contributed by atoms with E-state index in [1.807, 2.05) is 13.8 Å². The van der Waals surface area contributed by atoms with Crippen LogP contribution >= 0.6 is 0 Å². The molecule has 0 bridgehead atoms. The number of cyclic esters (lactones) is 1. The second-order valence-electron chi connectivity index (χ2n) is 9.32. The van der Waals surface area contributed by atoms with Gasteiger partial charge in [0, 0.05) is 12.3 Å². The molecule has 0 amide bonds. The predicted molar refractivity (Wildman–Crippen MR) is 109 cm³/mol. The number of hydrogen-bond acceptors (Lipinski definition) is 5. The summed E-state index contributed by atoms with van der Waals surface area (Å²) in [4.78, 5) is 24.2. The van der Waals surface area contributed by atoms with Crippen molar-refractivity contribution in [3.05, 3.63) is 23.8 Å². The summed E-state index contributed by atoms with van der Waals surface area (Å²) in [5.41, 5.74) is 1.26. The van der Waals surface area contributed by atoms with Crippen LogP contribution in [0.4, 0.5) is 0 Å². The van der Waals surface area contributed by atoms with E-state index in [1.165, 1.54) is 5.57 Å². The van der Waals surface area contributed by atoms with Crippen LogP contribution in [0, 0.1) is 29.6 Å². The van der Waals surface area contributed by atoms with Gasteiger partial charge in [-0.25, -0.2) is 0 Å². The van der Waals surface area contributed by atoms with Gasteiger partial charge in [-0.15, -0.1) is 6.10 Å². The van der Waals surface area contributed by atoms with E-state index in [0.29, 0.717) is 30.6 Å². The van der Waals surface area contributed by atoms with Gasteiger partial charge in [-0.3, -0.25) is 9.59 Å². The van der Waals surface area contributed by atoms with E-state index in [2.05, 4.69) is 32.1 Å². The first-order valence-corrected chi connectivity index (χ1v) is 11.2. The lowest BCUT2D eigenvalue weighted by molar-refractivity contribution is -0.427. The Hall–Kier alpha value is -1.62. The second-order valence-corrected chi connectivity index (χ2v) is 9.32. The second kappa shape index (κ2) is 9.46. The van der Waals surface area contributed by atoms with E-state index < -0.39 is 6.10 Å². The van der Waals surface area contributed by atoms with Crippen molar-refractivity contribution in [1.82, 2.24) is 0 Å². The van der Waals surface area contributed by atoms with E-state index in [9.17, 15) is 14.7 Å². The Kier molecular flexibility index (Phi) is 7.20. The third-order valence-electron chi connectivity index (χ3n) is 6.92. The molecular weight excluding hydrogens is 368 g/mol. The maximum Gasteiger partial charge on any atom is 0.308 e. The van der Waals surface area contributed by atoms with E-state index in [4.69, 9.17) is 9.47 Å². The normalized spacial score (nSPS) is 37.9. The number of carbonyl (C=O) groups excluding carboxylic acids is 2. The van der Waals surface area contributed by atoms with E-state index in [-0.39, 0.29) is 42.4 Å². The van der Waals surface area contributed by atoms with Crippen LogP contribution in [0.3, 0.4) is 0 Å². The van der Waals surface area contributed by atoms with Gasteiger partial charge in [0.15, 0.2) is 0 Å². The number of ether oxygens (including phenoxy) is 2. The third-order valence-corrected chi connectivity index (χ3v) is 6.92. The summed E-state index contributed by atoms with van der Waals surface area (Å²) < 4.78 is 11.5. The topological polar surface area (TPSA) is 75.7 Å². The summed E-state index contributed by atoms with van der Waals surface area (Å²) >= 11 is 0. The molecule has 0 aromatic rings. The Morgan fingerprint density at radius 2 is 2.07 bits per heavy atom. The molecule has 1 saturated heterocycles. The molecule has 8 atom stereocenters. The average Bonchev–Trinajstić information content (AvgIpc) is 2.65. The number of rotatable bonds is 6. The van der Waals surface area contributed by atoms with Crippen molar-refractivity contribution in [1.29, 1.82) is 0 Å². The van der Waals surface area contributed by atoms with Crippen molar-refractivity contribution in [3.8, 4) is 0 Å². The number of hydrogen-bond donors (Lipinski definition) is 0. The van der Waals surface area contributed by atoms with Crippen molar-refractivity contribution < 1.29 is 24.2 Å². The van der Waals surface area contributed by atoms with Crippen LogP contribution in [0.2, 0.25) is 0 Å². The zero-order valence-electron chi connectivity index (χ0n) is 18.1. The Labute approximate surface area is 174 Å². The maximum atomic E-state index is 12.5. The van der Waals surface area contributed by atoms with Crippen molar-refractivity contribution in [2.75, 3.05) is 0 Å². The first-order chi connectivity index (χ1) is 13.8. The highest BCUT2D eigenvalue weighted by molar-refractivity contribution is 5.72. The van der Waals surface area contributed by atoms with E-state index in [0.717, 1.165) is 19.3 Å². The summed E-state index contributed by atoms with van der Waals surface area (Å²) in [6, 6.07) is 0. The van der Waals surface area contributed by atoms with Gasteiger partial charge in [0.1, 0.15) is 12.2 Å². The van der Waals surface area contributed by atoms with Crippen LogP contribution in [-0.4, -0.2) is 30.3 Å². The fourth-order valence-electron chi connectivity index (χ4n) is 5.05. The van der Waals surface area contributed by atoms with Gasteiger partial charge in [-0.05, 0) is 55.4 Å². The minimum Gasteiger partial charge on any atom is -0.851 e. The smallest absolute Gasteiger partial charge is 0.308 e. The fourth-order valence-corrected chi connectivity index (χ4v) is 5.05. The molecule has 1 fully saturated rings. The van der Waals surface area contributed by atoms with Crippen molar-refractivity contribution in [2.45, 2.75) is 84.5 Å². The van der Waals surface area contributed by atoms with Crippen molar-refractivity contribution in [2.24, 2.45) is 29.6 Å². The molecule has 162 valence electrons. The first kappa shape index (κ1) is 22.1. The van der Waals surface area contributed by atoms with Crippen LogP contribution in [0.1, 0.15) is 66.2 Å². The summed E-state index contributed by atoms with van der Waals surface area (Å²) in [6.07, 6.45) is 9.04. The number of fused-ring (bicyclic) bond motifs is 1. The highest BCUT2D eigenvalue weighted by Gasteiger charge is 2.42. The van der Waals surface area contributed by atoms with Crippen LogP contribution in [-0.2, 0) is 19.1 Å². The molecule has 3 rings (SSSR count). The maximum absolute atomic E-state index is 12.5. The lowest BCUT2D eigenvalue weighted by Crippen LogP contribution is -2.43. The zero-order chi connectivity index (χ0) is 21.1. The molecule has 0 spiro atoms. The minimum atomic E-state index is -0.847. The highest BCUT2D eigenvalue weighted by Crippen LogP contribution is 2.45. The Morgan fingerprint density at radius 1 is 1.31 bits per heavy atom. The monoisotopic (exact) mass is 403 g/mol. The number of esters is 2. The van der Waals surface area contributed by atoms with Gasteiger partial charge >= 0.3 is 11.9 Å². The molecule has 0 aromatic heterocycles. The van der Waals surface area contributed by atoms with Crippen LogP contribution in [0.15, 0.2) is 23.8 Å². The molecule has 2 aliphatic carbocycles. The Morgan fingerprint density at radius 3 is 2.76 bits per heavy atom. The molecule has 1 unspecified atom stereocenters. The molecule has 29 heavy (non-hydrogen) atoms. The summed E-state index contributed by atoms with van der Waals surface area (Å²) in [5, 5.41) is 11.8. The van der Waals surface area contributed by atoms with Gasteiger partial charge in [0.25, 0.3) is 0 Å². The summed E-state index contributed by atoms with van der Waals surface area (Å²) in [7, 11) is 0. The average molecular weight is 404 g/mol. The molecular formula is C24H35O5-. The van der Waals surface area contributed by atoms with Crippen molar-refractivity contribution in [3.63, 3.8) is 0 Å². The van der Waals surface area contributed by atoms with Gasteiger partial charge in [-0.1, -0.05) is 45.9 Å². The zero-order valence-corrected chi connectivity index (χ0v) is 18.1. The van der Waals surface area contributed by atoms with E-state index in [1.54, 1.807) is 0 Å². The quantitative estimate of drug-likeness (QED) is 0.634. The predicted octanol–water partition coefficient (Wildman–Crippen LogP) is 3.56. The highest BCUT2D eigenvalue weighted by atomic mass is 16.5. The molecule has 0 radical (unpaired) electrons. The minimum absolute atomic E-state index is 0.0138. The lowest BCUT2D eigenvalue weighted by Gasteiger charge is -2.43. The Balaban J connectivity index is 1.74. The van der Waals surface area contributed by atoms with Gasteiger partial charge in [0.05, 0.1) is 5.92 Å².